The summed E-state index contributed by atoms with van der Waals surface area (Å²) in [4.78, 5) is 28.4. The lowest BCUT2D eigenvalue weighted by Crippen LogP contribution is -2.34. The van der Waals surface area contributed by atoms with Gasteiger partial charge in [0.15, 0.2) is 0 Å². The number of aromatic nitrogens is 4. The third-order valence-electron chi connectivity index (χ3n) is 4.37. The summed E-state index contributed by atoms with van der Waals surface area (Å²) in [5.74, 6) is 0.803. The molecule has 0 aromatic carbocycles. The van der Waals surface area contributed by atoms with Crippen molar-refractivity contribution in [2.75, 3.05) is 25.1 Å². The summed E-state index contributed by atoms with van der Waals surface area (Å²) in [5.41, 5.74) is -0.132. The van der Waals surface area contributed by atoms with Gasteiger partial charge in [0.25, 0.3) is 0 Å². The van der Waals surface area contributed by atoms with Crippen LogP contribution in [0.15, 0.2) is 18.6 Å². The maximum atomic E-state index is 11.6. The highest BCUT2D eigenvalue weighted by atomic mass is 16.6. The molecule has 2 aromatic rings. The largest absolute Gasteiger partial charge is 0.465 e. The average molecular weight is 346 g/mol. The number of methoxy groups -OCH3 is 1. The zero-order valence-electron chi connectivity index (χ0n) is 14.0. The molecule has 0 atom stereocenters. The summed E-state index contributed by atoms with van der Waals surface area (Å²) in [5, 5.41) is 19.4. The van der Waals surface area contributed by atoms with E-state index in [4.69, 9.17) is 0 Å². The van der Waals surface area contributed by atoms with E-state index in [1.165, 1.54) is 19.4 Å². The zero-order valence-corrected chi connectivity index (χ0v) is 14.0. The second kappa shape index (κ2) is 6.83. The number of anilines is 1. The maximum Gasteiger partial charge on any atom is 0.339 e. The third-order valence-corrected chi connectivity index (χ3v) is 4.37. The Balaban J connectivity index is 1.80. The summed E-state index contributed by atoms with van der Waals surface area (Å²) in [6, 6.07) is 1.21. The van der Waals surface area contributed by atoms with E-state index < -0.39 is 10.9 Å². The molecule has 0 saturated carbocycles. The highest BCUT2D eigenvalue weighted by molar-refractivity contribution is 5.90. The number of carbonyl (C=O) groups is 1. The molecule has 0 radical (unpaired) electrons. The monoisotopic (exact) mass is 346 g/mol. The minimum atomic E-state index is -0.650. The van der Waals surface area contributed by atoms with Gasteiger partial charge < -0.3 is 14.2 Å². The van der Waals surface area contributed by atoms with E-state index in [1.54, 1.807) is 6.33 Å². The Morgan fingerprint density at radius 2 is 2.12 bits per heavy atom. The van der Waals surface area contributed by atoms with Gasteiger partial charge in [0.2, 0.25) is 5.82 Å². The van der Waals surface area contributed by atoms with Gasteiger partial charge in [-0.25, -0.2) is 9.78 Å². The van der Waals surface area contributed by atoms with Gasteiger partial charge in [-0.1, -0.05) is 0 Å². The zero-order chi connectivity index (χ0) is 18.0. The molecule has 0 N–H and O–H groups in total. The minimum absolute atomic E-state index is 0.0620. The number of esters is 1. The number of carbonyl (C=O) groups excluding carboxylic acids is 1. The number of rotatable bonds is 4. The Kier molecular flexibility index (Phi) is 4.59. The van der Waals surface area contributed by atoms with Crippen molar-refractivity contribution in [2.45, 2.75) is 18.8 Å². The highest BCUT2D eigenvalue weighted by Gasteiger charge is 2.29. The van der Waals surface area contributed by atoms with Crippen LogP contribution >= 0.6 is 0 Å². The van der Waals surface area contributed by atoms with Crippen LogP contribution in [0.1, 0.15) is 34.9 Å². The summed E-state index contributed by atoms with van der Waals surface area (Å²) >= 11 is 0. The van der Waals surface area contributed by atoms with Crippen molar-refractivity contribution in [2.24, 2.45) is 7.05 Å². The fourth-order valence-corrected chi connectivity index (χ4v) is 3.06. The van der Waals surface area contributed by atoms with Crippen molar-refractivity contribution < 1.29 is 14.5 Å². The van der Waals surface area contributed by atoms with Gasteiger partial charge in [-0.05, 0) is 12.8 Å². The molecule has 1 aliphatic rings. The lowest BCUT2D eigenvalue weighted by molar-refractivity contribution is -0.384. The van der Waals surface area contributed by atoms with E-state index in [0.29, 0.717) is 13.1 Å². The smallest absolute Gasteiger partial charge is 0.339 e. The number of aryl methyl sites for hydroxylation is 1. The Labute approximate surface area is 143 Å². The van der Waals surface area contributed by atoms with E-state index in [9.17, 15) is 14.9 Å². The summed E-state index contributed by atoms with van der Waals surface area (Å²) in [6.45, 7) is 1.23. The SMILES string of the molecule is COC(=O)c1cnc(N2CCC(c3nncn3C)CC2)c([N+](=O)[O-])c1. The molecule has 0 spiro atoms. The number of pyridine rings is 1. The summed E-state index contributed by atoms with van der Waals surface area (Å²) in [7, 11) is 3.12. The second-order valence-corrected chi connectivity index (χ2v) is 5.88. The molecule has 2 aromatic heterocycles. The molecule has 10 heteroatoms. The van der Waals surface area contributed by atoms with E-state index in [0.717, 1.165) is 18.7 Å². The number of nitro groups is 1. The van der Waals surface area contributed by atoms with Crippen molar-refractivity contribution in [1.82, 2.24) is 19.7 Å². The van der Waals surface area contributed by atoms with E-state index in [2.05, 4.69) is 19.9 Å². The van der Waals surface area contributed by atoms with Crippen LogP contribution in [0.4, 0.5) is 11.5 Å². The molecular formula is C15H18N6O4. The Hall–Kier alpha value is -3.04. The van der Waals surface area contributed by atoms with Crippen LogP contribution in [0.5, 0.6) is 0 Å². The summed E-state index contributed by atoms with van der Waals surface area (Å²) < 4.78 is 6.49. The van der Waals surface area contributed by atoms with Gasteiger partial charge in [0, 0.05) is 38.3 Å². The molecule has 1 fully saturated rings. The first-order valence-electron chi connectivity index (χ1n) is 7.83. The van der Waals surface area contributed by atoms with Crippen molar-refractivity contribution >= 4 is 17.5 Å². The van der Waals surface area contributed by atoms with Crippen molar-refractivity contribution in [3.8, 4) is 0 Å². The molecule has 1 aliphatic heterocycles. The van der Waals surface area contributed by atoms with Crippen LogP contribution in [-0.4, -0.2) is 50.8 Å². The van der Waals surface area contributed by atoms with E-state index >= 15 is 0 Å². The fourth-order valence-electron chi connectivity index (χ4n) is 3.06. The van der Waals surface area contributed by atoms with Crippen molar-refractivity contribution in [3.05, 3.63) is 40.1 Å². The summed E-state index contributed by atoms with van der Waals surface area (Å²) in [6.07, 6.45) is 4.57. The number of hydrogen-bond donors (Lipinski definition) is 0. The molecule has 0 bridgehead atoms. The van der Waals surface area contributed by atoms with Crippen LogP contribution in [0.3, 0.4) is 0 Å². The first-order chi connectivity index (χ1) is 12.0. The first kappa shape index (κ1) is 16.8. The van der Waals surface area contributed by atoms with Gasteiger partial charge >= 0.3 is 11.7 Å². The van der Waals surface area contributed by atoms with Crippen LogP contribution < -0.4 is 4.90 Å². The Bertz CT molecular complexity index is 797. The Morgan fingerprint density at radius 3 is 2.68 bits per heavy atom. The van der Waals surface area contributed by atoms with Gasteiger partial charge in [-0.2, -0.15) is 0 Å². The molecule has 132 valence electrons. The predicted molar refractivity (Wildman–Crippen MR) is 87.4 cm³/mol. The maximum absolute atomic E-state index is 11.6. The molecule has 0 unspecified atom stereocenters. The molecule has 25 heavy (non-hydrogen) atoms. The van der Waals surface area contributed by atoms with E-state index in [-0.39, 0.29) is 23.0 Å². The van der Waals surface area contributed by atoms with Crippen LogP contribution in [0, 0.1) is 10.1 Å². The fraction of sp³-hybridized carbons (Fsp3) is 0.467. The lowest BCUT2D eigenvalue weighted by atomic mass is 9.96. The minimum Gasteiger partial charge on any atom is -0.465 e. The second-order valence-electron chi connectivity index (χ2n) is 5.88. The van der Waals surface area contributed by atoms with Crippen molar-refractivity contribution in [3.63, 3.8) is 0 Å². The quantitative estimate of drug-likeness (QED) is 0.462. The van der Waals surface area contributed by atoms with E-state index in [1.807, 2.05) is 16.5 Å². The average Bonchev–Trinajstić information content (AvgIpc) is 3.06. The van der Waals surface area contributed by atoms with Crippen LogP contribution in [0.25, 0.3) is 0 Å². The topological polar surface area (TPSA) is 116 Å². The molecular weight excluding hydrogens is 328 g/mol. The molecule has 3 heterocycles. The molecule has 0 aliphatic carbocycles. The molecule has 3 rings (SSSR count). The third kappa shape index (κ3) is 3.28. The van der Waals surface area contributed by atoms with Crippen LogP contribution in [-0.2, 0) is 11.8 Å². The number of piperidine rings is 1. The Morgan fingerprint density at radius 1 is 1.40 bits per heavy atom. The van der Waals surface area contributed by atoms with Gasteiger partial charge in [-0.3, -0.25) is 10.1 Å². The standard InChI is InChI=1S/C15H18N6O4/c1-19-9-17-18-13(19)10-3-5-20(6-4-10)14-12(21(23)24)7-11(8-16-14)15(22)25-2/h7-10H,3-6H2,1-2H3. The molecule has 0 amide bonds. The van der Waals surface area contributed by atoms with Gasteiger partial charge in [-0.15, -0.1) is 10.2 Å². The molecule has 1 saturated heterocycles. The highest BCUT2D eigenvalue weighted by Crippen LogP contribution is 2.33. The van der Waals surface area contributed by atoms with Crippen LogP contribution in [0.2, 0.25) is 0 Å². The van der Waals surface area contributed by atoms with Gasteiger partial charge in [0.05, 0.1) is 17.6 Å². The van der Waals surface area contributed by atoms with Gasteiger partial charge in [0.1, 0.15) is 12.2 Å². The number of hydrogen-bond acceptors (Lipinski definition) is 8. The predicted octanol–water partition coefficient (Wildman–Crippen LogP) is 1.29. The van der Waals surface area contributed by atoms with Crippen molar-refractivity contribution in [1.29, 1.82) is 0 Å². The lowest BCUT2D eigenvalue weighted by Gasteiger charge is -2.31. The molecule has 10 nitrogen and oxygen atoms in total. The normalized spacial score (nSPS) is 15.2. The number of ether oxygens (including phenoxy) is 1. The number of nitrogens with zero attached hydrogens (tertiary/aromatic N) is 6. The first-order valence-corrected chi connectivity index (χ1v) is 7.83.